The molecule has 4 aromatic carbocycles. The fourth-order valence-corrected chi connectivity index (χ4v) is 6.89. The predicted octanol–water partition coefficient (Wildman–Crippen LogP) is 6.15. The van der Waals surface area contributed by atoms with Gasteiger partial charge < -0.3 is 9.64 Å². The second-order valence-corrected chi connectivity index (χ2v) is 10.4. The van der Waals surface area contributed by atoms with Crippen molar-refractivity contribution in [3.63, 3.8) is 0 Å². The Labute approximate surface area is 230 Å². The zero-order chi connectivity index (χ0) is 27.6. The van der Waals surface area contributed by atoms with Crippen molar-refractivity contribution in [1.29, 1.82) is 0 Å². The normalized spacial score (nSPS) is 21.8. The number of carbonyl (C=O) groups excluding carboxylic acids is 3. The molecule has 196 valence electrons. The second-order valence-electron chi connectivity index (χ2n) is 10.4. The smallest absolute Gasteiger partial charge is 0.185 e. The number of methoxy groups -OCH3 is 1. The molecule has 5 nitrogen and oxygen atoms in total. The summed E-state index contributed by atoms with van der Waals surface area (Å²) >= 11 is 0. The van der Waals surface area contributed by atoms with Gasteiger partial charge in [-0.1, -0.05) is 66.7 Å². The van der Waals surface area contributed by atoms with Gasteiger partial charge in [-0.3, -0.25) is 14.4 Å². The summed E-state index contributed by atoms with van der Waals surface area (Å²) in [6.07, 6.45) is 3.80. The molecule has 4 aromatic rings. The third kappa shape index (κ3) is 3.16. The van der Waals surface area contributed by atoms with Gasteiger partial charge in [0, 0.05) is 28.3 Å². The molecule has 40 heavy (non-hydrogen) atoms. The average molecular weight is 530 g/mol. The van der Waals surface area contributed by atoms with Crippen molar-refractivity contribution in [3.05, 3.63) is 137 Å². The highest BCUT2D eigenvalue weighted by molar-refractivity contribution is 6.32. The van der Waals surface area contributed by atoms with Gasteiger partial charge in [0.1, 0.15) is 23.0 Å². The monoisotopic (exact) mass is 529 g/mol. The number of anilines is 1. The number of ether oxygens (including phenoxy) is 1. The van der Waals surface area contributed by atoms with Crippen LogP contribution in [0.5, 0.6) is 5.75 Å². The molecule has 1 aliphatic carbocycles. The van der Waals surface area contributed by atoms with Crippen LogP contribution < -0.4 is 9.64 Å². The average Bonchev–Trinajstić information content (AvgIpc) is 3.43. The molecule has 0 aromatic heterocycles. The molecule has 3 aliphatic rings. The molecule has 1 saturated heterocycles. The van der Waals surface area contributed by atoms with Crippen molar-refractivity contribution in [2.24, 2.45) is 5.41 Å². The molecule has 1 fully saturated rings. The van der Waals surface area contributed by atoms with Gasteiger partial charge in [0.05, 0.1) is 13.2 Å². The summed E-state index contributed by atoms with van der Waals surface area (Å²) in [6, 6.07) is 25.5. The van der Waals surface area contributed by atoms with Crippen LogP contribution in [0.25, 0.3) is 6.08 Å². The maximum absolute atomic E-state index is 14.6. The molecule has 6 heteroatoms. The van der Waals surface area contributed by atoms with Gasteiger partial charge in [-0.25, -0.2) is 4.39 Å². The Hall–Kier alpha value is -4.84. The zero-order valence-electron chi connectivity index (χ0n) is 21.6. The first-order valence-corrected chi connectivity index (χ1v) is 13.1. The minimum atomic E-state index is -1.61. The first-order chi connectivity index (χ1) is 19.5. The van der Waals surface area contributed by atoms with Crippen LogP contribution in [0.3, 0.4) is 0 Å². The number of Topliss-reactive ketones (excluding diaryl/α,β-unsaturated/α-hetero) is 3. The predicted molar refractivity (Wildman–Crippen MR) is 150 cm³/mol. The Morgan fingerprint density at radius 1 is 0.825 bits per heavy atom. The molecule has 0 bridgehead atoms. The topological polar surface area (TPSA) is 63.7 Å². The van der Waals surface area contributed by atoms with Gasteiger partial charge in [0.2, 0.25) is 0 Å². The molecular weight excluding hydrogens is 505 g/mol. The molecule has 0 saturated carbocycles. The van der Waals surface area contributed by atoms with Crippen molar-refractivity contribution in [2.75, 3.05) is 12.0 Å². The first kappa shape index (κ1) is 24.2. The van der Waals surface area contributed by atoms with Gasteiger partial charge in [0.15, 0.2) is 17.3 Å². The number of para-hydroxylation sites is 1. The number of hydrogen-bond acceptors (Lipinski definition) is 5. The molecule has 0 N–H and O–H groups in total. The molecule has 3 atom stereocenters. The molecule has 1 spiro atoms. The Morgan fingerprint density at radius 2 is 1.45 bits per heavy atom. The zero-order valence-corrected chi connectivity index (χ0v) is 21.6. The van der Waals surface area contributed by atoms with E-state index in [9.17, 15) is 18.8 Å². The Morgan fingerprint density at radius 3 is 2.10 bits per heavy atom. The minimum Gasteiger partial charge on any atom is -0.497 e. The minimum absolute atomic E-state index is 0.236. The van der Waals surface area contributed by atoms with E-state index in [0.29, 0.717) is 28.0 Å². The van der Waals surface area contributed by atoms with E-state index in [1.165, 1.54) is 12.1 Å². The van der Waals surface area contributed by atoms with E-state index in [1.807, 2.05) is 41.3 Å². The van der Waals surface area contributed by atoms with E-state index < -0.39 is 29.2 Å². The number of benzene rings is 4. The van der Waals surface area contributed by atoms with E-state index >= 15 is 0 Å². The molecule has 0 amide bonds. The number of hydrogen-bond donors (Lipinski definition) is 0. The number of carbonyl (C=O) groups is 3. The van der Waals surface area contributed by atoms with Crippen LogP contribution in [-0.4, -0.2) is 36.5 Å². The quantitative estimate of drug-likeness (QED) is 0.234. The van der Waals surface area contributed by atoms with E-state index in [4.69, 9.17) is 4.74 Å². The Balaban J connectivity index is 1.52. The van der Waals surface area contributed by atoms with Crippen molar-refractivity contribution in [3.8, 4) is 5.75 Å². The van der Waals surface area contributed by atoms with Crippen LogP contribution in [0.4, 0.5) is 10.1 Å². The lowest BCUT2D eigenvalue weighted by molar-refractivity contribution is 0.0666. The summed E-state index contributed by atoms with van der Waals surface area (Å²) in [7, 11) is 1.55. The molecular formula is C34H24FNO4. The molecule has 2 heterocycles. The van der Waals surface area contributed by atoms with E-state index in [1.54, 1.807) is 67.8 Å². The maximum Gasteiger partial charge on any atom is 0.185 e. The highest BCUT2D eigenvalue weighted by Gasteiger charge is 2.71. The summed E-state index contributed by atoms with van der Waals surface area (Å²) in [5.41, 5.74) is 1.73. The third-order valence-corrected chi connectivity index (χ3v) is 8.59. The van der Waals surface area contributed by atoms with Crippen LogP contribution in [0, 0.1) is 11.2 Å². The number of halogens is 1. The van der Waals surface area contributed by atoms with Crippen LogP contribution in [-0.2, 0) is 0 Å². The highest BCUT2D eigenvalue weighted by atomic mass is 19.1. The van der Waals surface area contributed by atoms with Crippen LogP contribution in [0.1, 0.15) is 48.1 Å². The summed E-state index contributed by atoms with van der Waals surface area (Å²) in [5.74, 6) is -1.58. The van der Waals surface area contributed by atoms with Crippen LogP contribution in [0.2, 0.25) is 0 Å². The van der Waals surface area contributed by atoms with E-state index in [-0.39, 0.29) is 17.3 Å². The largest absolute Gasteiger partial charge is 0.497 e. The lowest BCUT2D eigenvalue weighted by Crippen LogP contribution is -2.48. The van der Waals surface area contributed by atoms with E-state index in [2.05, 4.69) is 0 Å². The standard InChI is InChI=1S/C34H24FNO4/c1-40-24-17-12-22(13-18-24)31(37)30-29(21-10-15-23(35)16-11-21)34(32(38)25-7-3-4-8-26(25)33(34)39)28-19-14-20-6-2-5-9-27(20)36(28)30/h2-19,28-30H,1H3/t28-,29+,30+/m1/s1. The van der Waals surface area contributed by atoms with Gasteiger partial charge in [0.25, 0.3) is 0 Å². The number of ketones is 3. The third-order valence-electron chi connectivity index (χ3n) is 8.59. The Bertz CT molecular complexity index is 1690. The van der Waals surface area contributed by atoms with Crippen molar-refractivity contribution < 1.29 is 23.5 Å². The SMILES string of the molecule is COc1ccc(C(=O)[C@@H]2[C@H](c3ccc(F)cc3)C3(C(=O)c4ccccc4C3=O)[C@H]3C=Cc4ccccc4N23)cc1. The fraction of sp³-hybridized carbons (Fsp3) is 0.147. The molecule has 2 aliphatic heterocycles. The van der Waals surface area contributed by atoms with Gasteiger partial charge >= 0.3 is 0 Å². The van der Waals surface area contributed by atoms with E-state index in [0.717, 1.165) is 11.3 Å². The summed E-state index contributed by atoms with van der Waals surface area (Å²) in [6.45, 7) is 0. The first-order valence-electron chi connectivity index (χ1n) is 13.1. The summed E-state index contributed by atoms with van der Waals surface area (Å²) in [4.78, 5) is 45.6. The Kier molecular flexibility index (Phi) is 5.36. The van der Waals surface area contributed by atoms with Crippen molar-refractivity contribution >= 4 is 29.1 Å². The number of nitrogens with zero attached hydrogens (tertiary/aromatic N) is 1. The number of rotatable bonds is 4. The van der Waals surface area contributed by atoms with Gasteiger partial charge in [-0.2, -0.15) is 0 Å². The van der Waals surface area contributed by atoms with Gasteiger partial charge in [-0.05, 0) is 53.6 Å². The van der Waals surface area contributed by atoms with Crippen LogP contribution >= 0.6 is 0 Å². The maximum atomic E-state index is 14.6. The van der Waals surface area contributed by atoms with Crippen LogP contribution in [0.15, 0.2) is 103 Å². The summed E-state index contributed by atoms with van der Waals surface area (Å²) < 4.78 is 19.5. The van der Waals surface area contributed by atoms with Gasteiger partial charge in [-0.15, -0.1) is 0 Å². The highest BCUT2D eigenvalue weighted by Crippen LogP contribution is 2.60. The lowest BCUT2D eigenvalue weighted by Gasteiger charge is -2.37. The fourth-order valence-electron chi connectivity index (χ4n) is 6.89. The van der Waals surface area contributed by atoms with Crippen molar-refractivity contribution in [2.45, 2.75) is 18.0 Å². The lowest BCUT2D eigenvalue weighted by atomic mass is 9.64. The molecule has 0 radical (unpaired) electrons. The molecule has 7 rings (SSSR count). The second kappa shape index (κ2) is 8.85. The van der Waals surface area contributed by atoms with Crippen molar-refractivity contribution in [1.82, 2.24) is 0 Å². The summed E-state index contributed by atoms with van der Waals surface area (Å²) in [5, 5.41) is 0. The molecule has 0 unspecified atom stereocenters. The number of fused-ring (bicyclic) bond motifs is 5.